The van der Waals surface area contributed by atoms with E-state index in [1.807, 2.05) is 30.3 Å². The lowest BCUT2D eigenvalue weighted by molar-refractivity contribution is 0.410. The first-order valence-electron chi connectivity index (χ1n) is 8.26. The molecule has 25 heavy (non-hydrogen) atoms. The zero-order valence-corrected chi connectivity index (χ0v) is 14.0. The third-order valence-corrected chi connectivity index (χ3v) is 4.34. The Bertz CT molecular complexity index is 883. The molecule has 0 saturated carbocycles. The molecule has 3 aromatic rings. The minimum atomic E-state index is 0.507. The van der Waals surface area contributed by atoms with Crippen LogP contribution in [0.5, 0.6) is 5.75 Å². The summed E-state index contributed by atoms with van der Waals surface area (Å²) in [5.41, 5.74) is 3.58. The molecule has 0 saturated heterocycles. The second-order valence-electron chi connectivity index (χ2n) is 5.83. The van der Waals surface area contributed by atoms with E-state index in [0.717, 1.165) is 30.1 Å². The number of hydrogen-bond acceptors (Lipinski definition) is 6. The van der Waals surface area contributed by atoms with Crippen molar-refractivity contribution in [1.29, 1.82) is 0 Å². The van der Waals surface area contributed by atoms with Crippen LogP contribution < -0.4 is 15.0 Å². The Morgan fingerprint density at radius 1 is 1.12 bits per heavy atom. The van der Waals surface area contributed by atoms with Gasteiger partial charge in [-0.15, -0.1) is 5.10 Å². The van der Waals surface area contributed by atoms with Gasteiger partial charge in [-0.05, 0) is 24.1 Å². The van der Waals surface area contributed by atoms with Crippen molar-refractivity contribution in [3.05, 3.63) is 65.9 Å². The molecule has 6 heteroatoms. The standard InChI is InChI=1S/C19H19N5O/c1-25-17-9-5-3-7-15(17)12-20-19-22-18(13-21-23-19)24-11-10-14-6-2-4-8-16(14)24/h2-9,13H,10-12H2,1H3,(H,20,22,23). The second-order valence-corrected chi connectivity index (χ2v) is 5.83. The molecule has 0 bridgehead atoms. The maximum Gasteiger partial charge on any atom is 0.244 e. The summed E-state index contributed by atoms with van der Waals surface area (Å²) in [6.07, 6.45) is 2.72. The molecular weight excluding hydrogens is 314 g/mol. The van der Waals surface area contributed by atoms with Crippen LogP contribution in [0.1, 0.15) is 11.1 Å². The van der Waals surface area contributed by atoms with Crippen LogP contribution in [0.25, 0.3) is 0 Å². The van der Waals surface area contributed by atoms with Gasteiger partial charge in [-0.2, -0.15) is 10.1 Å². The van der Waals surface area contributed by atoms with E-state index in [4.69, 9.17) is 4.74 Å². The smallest absolute Gasteiger partial charge is 0.244 e. The molecule has 0 atom stereocenters. The van der Waals surface area contributed by atoms with Gasteiger partial charge in [0.2, 0.25) is 5.95 Å². The van der Waals surface area contributed by atoms with E-state index >= 15 is 0 Å². The van der Waals surface area contributed by atoms with Crippen LogP contribution in [-0.2, 0) is 13.0 Å². The minimum Gasteiger partial charge on any atom is -0.496 e. The Morgan fingerprint density at radius 2 is 1.96 bits per heavy atom. The van der Waals surface area contributed by atoms with Gasteiger partial charge in [0.1, 0.15) is 5.75 Å². The summed E-state index contributed by atoms with van der Waals surface area (Å²) < 4.78 is 5.37. The van der Waals surface area contributed by atoms with Crippen molar-refractivity contribution < 1.29 is 4.74 Å². The van der Waals surface area contributed by atoms with Crippen LogP contribution in [0.15, 0.2) is 54.7 Å². The molecule has 1 N–H and O–H groups in total. The van der Waals surface area contributed by atoms with E-state index in [-0.39, 0.29) is 0 Å². The number of ether oxygens (including phenoxy) is 1. The maximum atomic E-state index is 5.37. The monoisotopic (exact) mass is 333 g/mol. The number of methoxy groups -OCH3 is 1. The number of fused-ring (bicyclic) bond motifs is 1. The van der Waals surface area contributed by atoms with Crippen molar-refractivity contribution in [3.8, 4) is 5.75 Å². The Morgan fingerprint density at radius 3 is 2.88 bits per heavy atom. The van der Waals surface area contributed by atoms with Crippen LogP contribution in [0, 0.1) is 0 Å². The van der Waals surface area contributed by atoms with Crippen molar-refractivity contribution in [3.63, 3.8) is 0 Å². The number of para-hydroxylation sites is 2. The van der Waals surface area contributed by atoms with E-state index in [2.05, 4.69) is 43.6 Å². The third-order valence-electron chi connectivity index (χ3n) is 4.34. The lowest BCUT2D eigenvalue weighted by atomic mass is 10.2. The van der Waals surface area contributed by atoms with Crippen LogP contribution in [0.4, 0.5) is 17.5 Å². The van der Waals surface area contributed by atoms with E-state index in [1.165, 1.54) is 11.3 Å². The summed E-state index contributed by atoms with van der Waals surface area (Å²) in [6, 6.07) is 16.3. The highest BCUT2D eigenvalue weighted by Gasteiger charge is 2.21. The first-order chi connectivity index (χ1) is 12.3. The molecule has 0 fully saturated rings. The van der Waals surface area contributed by atoms with Gasteiger partial charge in [0.15, 0.2) is 5.82 Å². The predicted molar refractivity (Wildman–Crippen MR) is 97.3 cm³/mol. The van der Waals surface area contributed by atoms with Gasteiger partial charge in [0.25, 0.3) is 0 Å². The van der Waals surface area contributed by atoms with Crippen LogP contribution in [0.3, 0.4) is 0 Å². The first-order valence-corrected chi connectivity index (χ1v) is 8.26. The molecular formula is C19H19N5O. The van der Waals surface area contributed by atoms with Crippen molar-refractivity contribution >= 4 is 17.5 Å². The average molecular weight is 333 g/mol. The number of aromatic nitrogens is 3. The molecule has 6 nitrogen and oxygen atoms in total. The zero-order chi connectivity index (χ0) is 17.1. The summed E-state index contributed by atoms with van der Waals surface area (Å²) in [5.74, 6) is 2.16. The zero-order valence-electron chi connectivity index (χ0n) is 14.0. The third kappa shape index (κ3) is 3.10. The van der Waals surface area contributed by atoms with E-state index in [9.17, 15) is 0 Å². The number of rotatable bonds is 5. The van der Waals surface area contributed by atoms with Gasteiger partial charge in [0.05, 0.1) is 13.3 Å². The SMILES string of the molecule is COc1ccccc1CNc1nncc(N2CCc3ccccc32)n1. The van der Waals surface area contributed by atoms with Crippen LogP contribution in [-0.4, -0.2) is 28.8 Å². The summed E-state index contributed by atoms with van der Waals surface area (Å²) in [6.45, 7) is 1.48. The van der Waals surface area contributed by atoms with Gasteiger partial charge in [-0.25, -0.2) is 0 Å². The first kappa shape index (κ1) is 15.4. The van der Waals surface area contributed by atoms with Crippen molar-refractivity contribution in [2.75, 3.05) is 23.9 Å². The normalized spacial score (nSPS) is 12.8. The number of nitrogens with one attached hydrogen (secondary N) is 1. The minimum absolute atomic E-state index is 0.507. The highest BCUT2D eigenvalue weighted by molar-refractivity contribution is 5.67. The van der Waals surface area contributed by atoms with Gasteiger partial charge >= 0.3 is 0 Å². The van der Waals surface area contributed by atoms with Crippen LogP contribution >= 0.6 is 0 Å². The Balaban J connectivity index is 1.53. The topological polar surface area (TPSA) is 63.2 Å². The fourth-order valence-electron chi connectivity index (χ4n) is 3.10. The molecule has 2 aromatic carbocycles. The molecule has 0 amide bonds. The molecule has 0 aliphatic carbocycles. The van der Waals surface area contributed by atoms with Gasteiger partial charge in [-0.3, -0.25) is 0 Å². The average Bonchev–Trinajstić information content (AvgIpc) is 3.11. The van der Waals surface area contributed by atoms with Crippen molar-refractivity contribution in [1.82, 2.24) is 15.2 Å². The largest absolute Gasteiger partial charge is 0.496 e. The summed E-state index contributed by atoms with van der Waals surface area (Å²) in [4.78, 5) is 6.80. The summed E-state index contributed by atoms with van der Waals surface area (Å²) in [7, 11) is 1.67. The molecule has 4 rings (SSSR count). The molecule has 0 spiro atoms. The fraction of sp³-hybridized carbons (Fsp3) is 0.211. The number of nitrogens with zero attached hydrogens (tertiary/aromatic N) is 4. The lowest BCUT2D eigenvalue weighted by Gasteiger charge is -2.18. The number of benzene rings is 2. The van der Waals surface area contributed by atoms with Gasteiger partial charge in [0, 0.05) is 24.3 Å². The second kappa shape index (κ2) is 6.76. The number of hydrogen-bond donors (Lipinski definition) is 1. The molecule has 1 aliphatic heterocycles. The molecule has 0 unspecified atom stereocenters. The molecule has 0 radical (unpaired) electrons. The van der Waals surface area contributed by atoms with Crippen LogP contribution in [0.2, 0.25) is 0 Å². The lowest BCUT2D eigenvalue weighted by Crippen LogP contribution is -2.16. The maximum absolute atomic E-state index is 5.37. The van der Waals surface area contributed by atoms with Crippen molar-refractivity contribution in [2.24, 2.45) is 0 Å². The van der Waals surface area contributed by atoms with E-state index in [1.54, 1.807) is 13.3 Å². The van der Waals surface area contributed by atoms with E-state index in [0.29, 0.717) is 12.5 Å². The van der Waals surface area contributed by atoms with Gasteiger partial charge < -0.3 is 15.0 Å². The summed E-state index contributed by atoms with van der Waals surface area (Å²) >= 11 is 0. The molecule has 1 aliphatic rings. The molecule has 1 aromatic heterocycles. The summed E-state index contributed by atoms with van der Waals surface area (Å²) in [5, 5.41) is 11.4. The van der Waals surface area contributed by atoms with E-state index < -0.39 is 0 Å². The highest BCUT2D eigenvalue weighted by atomic mass is 16.5. The number of anilines is 3. The molecule has 126 valence electrons. The quantitative estimate of drug-likeness (QED) is 0.774. The fourth-order valence-corrected chi connectivity index (χ4v) is 3.10. The Kier molecular flexibility index (Phi) is 4.16. The van der Waals surface area contributed by atoms with Crippen molar-refractivity contribution in [2.45, 2.75) is 13.0 Å². The molecule has 2 heterocycles. The highest BCUT2D eigenvalue weighted by Crippen LogP contribution is 2.32. The Labute approximate surface area is 146 Å². The van der Waals surface area contributed by atoms with Gasteiger partial charge in [-0.1, -0.05) is 36.4 Å². The predicted octanol–water partition coefficient (Wildman–Crippen LogP) is 3.19. The Hall–Kier alpha value is -3.15.